The molecule has 0 aliphatic heterocycles. The second kappa shape index (κ2) is 5.71. The molecule has 2 heterocycles. The average molecular weight is 323 g/mol. The third-order valence-electron chi connectivity index (χ3n) is 2.44. The number of furan rings is 1. The van der Waals surface area contributed by atoms with E-state index in [0.29, 0.717) is 29.0 Å². The van der Waals surface area contributed by atoms with Crippen molar-refractivity contribution in [3.8, 4) is 6.07 Å². The molecule has 0 fully saturated rings. The number of carbonyl (C=O) groups excluding carboxylic acids is 1. The Morgan fingerprint density at radius 1 is 1.68 bits per heavy atom. The molecule has 1 N–H and O–H groups in total. The molecule has 1 amide bonds. The zero-order chi connectivity index (χ0) is 13.8. The molecule has 0 aliphatic rings. The summed E-state index contributed by atoms with van der Waals surface area (Å²) in [5.74, 6) is 0.268. The zero-order valence-electron chi connectivity index (χ0n) is 10.2. The minimum Gasteiger partial charge on any atom is -0.457 e. The summed E-state index contributed by atoms with van der Waals surface area (Å²) in [4.78, 5) is 12.0. The molecule has 7 heteroatoms. The van der Waals surface area contributed by atoms with Crippen molar-refractivity contribution in [1.29, 1.82) is 5.26 Å². The lowest BCUT2D eigenvalue weighted by Crippen LogP contribution is -2.15. The summed E-state index contributed by atoms with van der Waals surface area (Å²) in [5.41, 5.74) is 1.19. The molecule has 0 aliphatic carbocycles. The van der Waals surface area contributed by atoms with E-state index in [1.807, 2.05) is 13.0 Å². The Kier molecular flexibility index (Phi) is 4.02. The fraction of sp³-hybridized carbons (Fsp3) is 0.250. The van der Waals surface area contributed by atoms with E-state index in [1.165, 1.54) is 6.26 Å². The minimum absolute atomic E-state index is 0.293. The van der Waals surface area contributed by atoms with Gasteiger partial charge in [0.05, 0.1) is 36.6 Å². The van der Waals surface area contributed by atoms with Crippen LogP contribution in [-0.4, -0.2) is 15.7 Å². The van der Waals surface area contributed by atoms with Crippen LogP contribution < -0.4 is 5.32 Å². The number of rotatable bonds is 4. The van der Waals surface area contributed by atoms with Crippen LogP contribution in [0.15, 0.2) is 27.5 Å². The van der Waals surface area contributed by atoms with Gasteiger partial charge in [0, 0.05) is 6.07 Å². The first kappa shape index (κ1) is 13.4. The van der Waals surface area contributed by atoms with Gasteiger partial charge in [-0.1, -0.05) is 0 Å². The fourth-order valence-electron chi connectivity index (χ4n) is 1.61. The van der Waals surface area contributed by atoms with Crippen LogP contribution in [-0.2, 0) is 6.54 Å². The Morgan fingerprint density at radius 3 is 3.11 bits per heavy atom. The van der Waals surface area contributed by atoms with Gasteiger partial charge >= 0.3 is 0 Å². The van der Waals surface area contributed by atoms with Crippen LogP contribution in [0.5, 0.6) is 0 Å². The van der Waals surface area contributed by atoms with E-state index in [-0.39, 0.29) is 5.91 Å². The molecule has 0 unspecified atom stereocenters. The van der Waals surface area contributed by atoms with Gasteiger partial charge in [0.2, 0.25) is 0 Å². The molecule has 6 nitrogen and oxygen atoms in total. The number of carbonyl (C=O) groups is 1. The van der Waals surface area contributed by atoms with Crippen LogP contribution in [0.25, 0.3) is 0 Å². The average Bonchev–Trinajstić information content (AvgIpc) is 2.93. The van der Waals surface area contributed by atoms with E-state index in [2.05, 4.69) is 26.3 Å². The summed E-state index contributed by atoms with van der Waals surface area (Å²) in [6.45, 7) is 2.26. The van der Waals surface area contributed by atoms with Crippen LogP contribution in [0.2, 0.25) is 0 Å². The lowest BCUT2D eigenvalue weighted by Gasteiger charge is -2.06. The number of hydrogen-bond donors (Lipinski definition) is 1. The first-order valence-corrected chi connectivity index (χ1v) is 6.37. The van der Waals surface area contributed by atoms with Gasteiger partial charge < -0.3 is 9.73 Å². The monoisotopic (exact) mass is 322 g/mol. The van der Waals surface area contributed by atoms with Crippen molar-refractivity contribution in [2.75, 3.05) is 5.32 Å². The molecule has 0 aromatic carbocycles. The summed E-state index contributed by atoms with van der Waals surface area (Å²) in [7, 11) is 0. The van der Waals surface area contributed by atoms with E-state index < -0.39 is 0 Å². The first-order chi connectivity index (χ1) is 9.11. The molecule has 0 radical (unpaired) electrons. The number of aryl methyl sites for hydroxylation is 2. The molecule has 0 saturated carbocycles. The Bertz CT molecular complexity index is 638. The maximum atomic E-state index is 12.0. The van der Waals surface area contributed by atoms with Crippen molar-refractivity contribution < 1.29 is 9.21 Å². The number of anilines is 1. The van der Waals surface area contributed by atoms with E-state index in [4.69, 9.17) is 9.68 Å². The molecule has 0 spiro atoms. The van der Waals surface area contributed by atoms with Crippen LogP contribution in [0.1, 0.15) is 22.5 Å². The van der Waals surface area contributed by atoms with E-state index in [1.54, 1.807) is 16.8 Å². The number of aromatic nitrogens is 2. The maximum Gasteiger partial charge on any atom is 0.261 e. The van der Waals surface area contributed by atoms with Gasteiger partial charge in [0.25, 0.3) is 5.91 Å². The standard InChI is InChI=1S/C12H11BrN4O2/c1-8-7-10(17(16-8)5-2-4-14)15-12(18)9-3-6-19-11(9)13/h3,6-7H,2,5H2,1H3,(H,15,18). The Labute approximate surface area is 118 Å². The molecule has 0 bridgehead atoms. The molecular formula is C12H11BrN4O2. The third-order valence-corrected chi connectivity index (χ3v) is 3.06. The van der Waals surface area contributed by atoms with Gasteiger partial charge in [-0.2, -0.15) is 10.4 Å². The van der Waals surface area contributed by atoms with Crippen molar-refractivity contribution in [1.82, 2.24) is 9.78 Å². The molecule has 98 valence electrons. The first-order valence-electron chi connectivity index (χ1n) is 5.57. The van der Waals surface area contributed by atoms with Crippen LogP contribution in [0.3, 0.4) is 0 Å². The van der Waals surface area contributed by atoms with Crippen molar-refractivity contribution in [2.24, 2.45) is 0 Å². The highest BCUT2D eigenvalue weighted by atomic mass is 79.9. The molecular weight excluding hydrogens is 312 g/mol. The lowest BCUT2D eigenvalue weighted by molar-refractivity contribution is 0.102. The second-order valence-electron chi connectivity index (χ2n) is 3.86. The predicted molar refractivity (Wildman–Crippen MR) is 71.6 cm³/mol. The molecule has 0 atom stereocenters. The topological polar surface area (TPSA) is 83.9 Å². The predicted octanol–water partition coefficient (Wildman–Crippen LogP) is 2.71. The highest BCUT2D eigenvalue weighted by Crippen LogP contribution is 2.19. The van der Waals surface area contributed by atoms with Crippen LogP contribution in [0.4, 0.5) is 5.82 Å². The third kappa shape index (κ3) is 3.03. The number of nitrogens with one attached hydrogen (secondary N) is 1. The summed E-state index contributed by atoms with van der Waals surface area (Å²) < 4.78 is 7.00. The normalized spacial score (nSPS) is 10.2. The van der Waals surface area contributed by atoms with E-state index in [0.717, 1.165) is 5.69 Å². The van der Waals surface area contributed by atoms with Gasteiger partial charge in [0.1, 0.15) is 5.82 Å². The SMILES string of the molecule is Cc1cc(NC(=O)c2ccoc2Br)n(CCC#N)n1. The lowest BCUT2D eigenvalue weighted by atomic mass is 10.3. The highest BCUT2D eigenvalue weighted by Gasteiger charge is 2.15. The largest absolute Gasteiger partial charge is 0.457 e. The van der Waals surface area contributed by atoms with Gasteiger partial charge in [0.15, 0.2) is 4.67 Å². The van der Waals surface area contributed by atoms with Crippen molar-refractivity contribution in [3.05, 3.63) is 34.3 Å². The fourth-order valence-corrected chi connectivity index (χ4v) is 2.03. The molecule has 2 rings (SSSR count). The van der Waals surface area contributed by atoms with Crippen molar-refractivity contribution in [2.45, 2.75) is 19.9 Å². The van der Waals surface area contributed by atoms with Gasteiger partial charge in [-0.25, -0.2) is 4.68 Å². The summed E-state index contributed by atoms with van der Waals surface area (Å²) >= 11 is 3.15. The Balaban J connectivity index is 2.17. The van der Waals surface area contributed by atoms with E-state index >= 15 is 0 Å². The number of hydrogen-bond acceptors (Lipinski definition) is 4. The van der Waals surface area contributed by atoms with Crippen molar-refractivity contribution in [3.63, 3.8) is 0 Å². The molecule has 0 saturated heterocycles. The molecule has 2 aromatic heterocycles. The van der Waals surface area contributed by atoms with Gasteiger partial charge in [-0.05, 0) is 28.9 Å². The van der Waals surface area contributed by atoms with E-state index in [9.17, 15) is 4.79 Å². The number of halogens is 1. The smallest absolute Gasteiger partial charge is 0.261 e. The summed E-state index contributed by atoms with van der Waals surface area (Å²) in [5, 5.41) is 15.6. The van der Waals surface area contributed by atoms with Crippen LogP contribution >= 0.6 is 15.9 Å². The summed E-state index contributed by atoms with van der Waals surface area (Å²) in [6, 6.07) is 5.37. The zero-order valence-corrected chi connectivity index (χ0v) is 11.8. The molecule has 2 aromatic rings. The highest BCUT2D eigenvalue weighted by molar-refractivity contribution is 9.10. The molecule has 19 heavy (non-hydrogen) atoms. The number of nitrogens with zero attached hydrogens (tertiary/aromatic N) is 3. The van der Waals surface area contributed by atoms with Gasteiger partial charge in [-0.3, -0.25) is 4.79 Å². The quantitative estimate of drug-likeness (QED) is 0.937. The Hall–Kier alpha value is -2.07. The summed E-state index contributed by atoms with van der Waals surface area (Å²) in [6.07, 6.45) is 1.76. The van der Waals surface area contributed by atoms with Crippen molar-refractivity contribution >= 4 is 27.7 Å². The second-order valence-corrected chi connectivity index (χ2v) is 4.58. The number of nitriles is 1. The van der Waals surface area contributed by atoms with Crippen LogP contribution in [0, 0.1) is 18.3 Å². The van der Waals surface area contributed by atoms with Gasteiger partial charge in [-0.15, -0.1) is 0 Å². The number of amides is 1. The maximum absolute atomic E-state index is 12.0. The minimum atomic E-state index is -0.293. The Morgan fingerprint density at radius 2 is 2.47 bits per heavy atom.